The van der Waals surface area contributed by atoms with E-state index in [1.165, 1.54) is 14.0 Å². The van der Waals surface area contributed by atoms with Gasteiger partial charge in [0.2, 0.25) is 5.91 Å². The molecule has 1 amide bonds. The quantitative estimate of drug-likeness (QED) is 0.329. The lowest BCUT2D eigenvalue weighted by Gasteiger charge is -2.35. The second-order valence-corrected chi connectivity index (χ2v) is 9.56. The van der Waals surface area contributed by atoms with Crippen LogP contribution in [0.15, 0.2) is 14.7 Å². The SMILES string of the molecule is Cn1[nH]c(=O)c(=O)nc1SC[C@@]1(C)[C@H](C(=O)O)N2C(=O)C[C@H]2S1(=O)=O. The molecule has 0 aliphatic carbocycles. The van der Waals surface area contributed by atoms with Crippen molar-refractivity contribution in [1.29, 1.82) is 0 Å². The Labute approximate surface area is 144 Å². The number of hydrogen-bond acceptors (Lipinski definition) is 8. The fourth-order valence-corrected chi connectivity index (χ4v) is 6.91. The summed E-state index contributed by atoms with van der Waals surface area (Å²) >= 11 is 0.824. The highest BCUT2D eigenvalue weighted by Gasteiger charge is 2.69. The van der Waals surface area contributed by atoms with E-state index in [0.717, 1.165) is 21.3 Å². The molecular weight excluding hydrogens is 376 g/mol. The minimum atomic E-state index is -3.94. The third-order valence-corrected chi connectivity index (χ3v) is 8.81. The summed E-state index contributed by atoms with van der Waals surface area (Å²) in [5.74, 6) is -2.19. The lowest BCUT2D eigenvalue weighted by atomic mass is 9.98. The molecule has 13 heteroatoms. The number of carboxylic acids is 1. The highest BCUT2D eigenvalue weighted by molar-refractivity contribution is 8.01. The second kappa shape index (κ2) is 5.42. The van der Waals surface area contributed by atoms with Crippen molar-refractivity contribution in [3.8, 4) is 0 Å². The van der Waals surface area contributed by atoms with E-state index in [4.69, 9.17) is 0 Å². The number of amides is 1. The van der Waals surface area contributed by atoms with Gasteiger partial charge in [0.05, 0.1) is 6.42 Å². The predicted molar refractivity (Wildman–Crippen MR) is 84.8 cm³/mol. The van der Waals surface area contributed by atoms with Gasteiger partial charge in [-0.15, -0.1) is 0 Å². The molecule has 136 valence electrons. The molecule has 0 aromatic carbocycles. The van der Waals surface area contributed by atoms with Crippen LogP contribution in [0.4, 0.5) is 0 Å². The van der Waals surface area contributed by atoms with Gasteiger partial charge in [0.25, 0.3) is 0 Å². The summed E-state index contributed by atoms with van der Waals surface area (Å²) in [6.07, 6.45) is -0.234. The maximum absolute atomic E-state index is 12.7. The van der Waals surface area contributed by atoms with Crippen LogP contribution in [-0.4, -0.2) is 67.0 Å². The number of aromatic nitrogens is 3. The van der Waals surface area contributed by atoms with Crippen molar-refractivity contribution in [3.63, 3.8) is 0 Å². The molecule has 3 atom stereocenters. The van der Waals surface area contributed by atoms with Crippen LogP contribution in [0.1, 0.15) is 13.3 Å². The molecule has 0 saturated carbocycles. The number of H-pyrrole nitrogens is 1. The van der Waals surface area contributed by atoms with Gasteiger partial charge in [-0.05, 0) is 6.92 Å². The molecule has 0 unspecified atom stereocenters. The van der Waals surface area contributed by atoms with Gasteiger partial charge in [0.1, 0.15) is 10.1 Å². The fourth-order valence-electron chi connectivity index (χ4n) is 3.07. The Morgan fingerprint density at radius 2 is 2.08 bits per heavy atom. The Morgan fingerprint density at radius 3 is 2.64 bits per heavy atom. The van der Waals surface area contributed by atoms with Crippen LogP contribution in [0, 0.1) is 0 Å². The number of fused-ring (bicyclic) bond motifs is 1. The first-order valence-electron chi connectivity index (χ1n) is 7.08. The first-order valence-corrected chi connectivity index (χ1v) is 9.61. The van der Waals surface area contributed by atoms with Gasteiger partial charge in [-0.1, -0.05) is 11.8 Å². The van der Waals surface area contributed by atoms with E-state index >= 15 is 0 Å². The van der Waals surface area contributed by atoms with E-state index in [1.54, 1.807) is 0 Å². The average Bonchev–Trinajstić information content (AvgIpc) is 2.64. The molecule has 0 bridgehead atoms. The topological polar surface area (TPSA) is 159 Å². The molecule has 2 aliphatic heterocycles. The van der Waals surface area contributed by atoms with Gasteiger partial charge >= 0.3 is 17.1 Å². The zero-order valence-electron chi connectivity index (χ0n) is 13.1. The van der Waals surface area contributed by atoms with Crippen LogP contribution in [0.3, 0.4) is 0 Å². The molecule has 11 nitrogen and oxygen atoms in total. The van der Waals surface area contributed by atoms with Crippen molar-refractivity contribution < 1.29 is 23.1 Å². The normalized spacial score (nSPS) is 30.0. The van der Waals surface area contributed by atoms with Crippen molar-refractivity contribution in [1.82, 2.24) is 19.7 Å². The van der Waals surface area contributed by atoms with E-state index in [-0.39, 0.29) is 17.3 Å². The minimum absolute atomic E-state index is 0.0331. The Morgan fingerprint density at radius 1 is 1.44 bits per heavy atom. The van der Waals surface area contributed by atoms with Crippen LogP contribution < -0.4 is 11.1 Å². The maximum atomic E-state index is 12.7. The molecular formula is C12H14N4O7S2. The van der Waals surface area contributed by atoms with Gasteiger partial charge in [-0.25, -0.2) is 13.2 Å². The second-order valence-electron chi connectivity index (χ2n) is 6.05. The number of nitrogens with one attached hydrogen (secondary N) is 1. The zero-order valence-corrected chi connectivity index (χ0v) is 14.8. The van der Waals surface area contributed by atoms with Crippen LogP contribution in [0.2, 0.25) is 0 Å². The number of carbonyl (C=O) groups is 2. The molecule has 0 spiro atoms. The van der Waals surface area contributed by atoms with Gasteiger partial charge in [-0.2, -0.15) is 4.98 Å². The van der Waals surface area contributed by atoms with E-state index in [9.17, 15) is 32.7 Å². The summed E-state index contributed by atoms with van der Waals surface area (Å²) in [5, 5.41) is 10.6. The number of rotatable bonds is 4. The van der Waals surface area contributed by atoms with Crippen LogP contribution in [-0.2, 0) is 26.5 Å². The van der Waals surface area contributed by atoms with Crippen molar-refractivity contribution in [2.45, 2.75) is 34.7 Å². The highest BCUT2D eigenvalue weighted by atomic mass is 32.2. The lowest BCUT2D eigenvalue weighted by Crippen LogP contribution is -2.57. The molecule has 1 aromatic rings. The summed E-state index contributed by atoms with van der Waals surface area (Å²) in [6, 6.07) is -1.52. The van der Waals surface area contributed by atoms with Crippen molar-refractivity contribution in [3.05, 3.63) is 20.7 Å². The largest absolute Gasteiger partial charge is 0.480 e. The molecule has 1 aromatic heterocycles. The number of β-lactam (4-membered cyclic amide) rings is 1. The molecule has 2 N–H and O–H groups in total. The average molecular weight is 390 g/mol. The van der Waals surface area contributed by atoms with Crippen molar-refractivity contribution in [2.75, 3.05) is 5.75 Å². The third-order valence-electron chi connectivity index (χ3n) is 4.48. The number of thioether (sulfide) groups is 1. The molecule has 3 heterocycles. The summed E-state index contributed by atoms with van der Waals surface area (Å²) in [7, 11) is -2.53. The van der Waals surface area contributed by atoms with Crippen LogP contribution >= 0.6 is 11.8 Å². The van der Waals surface area contributed by atoms with Crippen molar-refractivity contribution in [2.24, 2.45) is 7.05 Å². The molecule has 3 rings (SSSR count). The number of carbonyl (C=O) groups excluding carboxylic acids is 1. The van der Waals surface area contributed by atoms with Gasteiger partial charge < -0.3 is 10.0 Å². The first-order chi connectivity index (χ1) is 11.5. The molecule has 25 heavy (non-hydrogen) atoms. The van der Waals surface area contributed by atoms with Crippen LogP contribution in [0.5, 0.6) is 0 Å². The number of aliphatic carboxylic acids is 1. The Balaban J connectivity index is 1.98. The number of aromatic amines is 1. The van der Waals surface area contributed by atoms with E-state index in [0.29, 0.717) is 0 Å². The molecule has 0 radical (unpaired) electrons. The summed E-state index contributed by atoms with van der Waals surface area (Å²) in [6.45, 7) is 1.27. The maximum Gasteiger partial charge on any atom is 0.339 e. The zero-order chi connectivity index (χ0) is 18.7. The molecule has 2 saturated heterocycles. The van der Waals surface area contributed by atoms with Gasteiger partial charge in [-0.3, -0.25) is 24.2 Å². The van der Waals surface area contributed by atoms with Gasteiger partial charge in [0.15, 0.2) is 21.0 Å². The smallest absolute Gasteiger partial charge is 0.339 e. The number of hydrogen-bond donors (Lipinski definition) is 2. The molecule has 2 aliphatic rings. The Hall–Kier alpha value is -2.15. The number of aryl methyl sites for hydroxylation is 1. The summed E-state index contributed by atoms with van der Waals surface area (Å²) in [5.41, 5.74) is -1.96. The van der Waals surface area contributed by atoms with E-state index in [1.807, 2.05) is 0 Å². The standard InChI is InChI=1S/C12H14N4O7S2/c1-12(4-24-11-13-8(18)9(19)14-15(11)2)7(10(20)21)16-5(17)3-6(16)25(12,22)23/h6-7H,3-4H2,1-2H3,(H,14,19)(H,20,21)/t6-,7+,12+/m1/s1. The third kappa shape index (κ3) is 2.33. The minimum Gasteiger partial charge on any atom is -0.480 e. The van der Waals surface area contributed by atoms with Crippen molar-refractivity contribution >= 4 is 33.5 Å². The van der Waals surface area contributed by atoms with Gasteiger partial charge in [0, 0.05) is 12.8 Å². The van der Waals surface area contributed by atoms with Crippen LogP contribution in [0.25, 0.3) is 0 Å². The predicted octanol–water partition coefficient (Wildman–Crippen LogP) is -2.24. The number of carboxylic acid groups (broad SMARTS) is 1. The first kappa shape index (κ1) is 17.7. The molecule has 2 fully saturated rings. The van der Waals surface area contributed by atoms with E-state index in [2.05, 4.69) is 10.1 Å². The summed E-state index contributed by atoms with van der Waals surface area (Å²) < 4.78 is 24.9. The fraction of sp³-hybridized carbons (Fsp3) is 0.583. The van der Waals surface area contributed by atoms with E-state index < -0.39 is 49.0 Å². The summed E-state index contributed by atoms with van der Waals surface area (Å²) in [4.78, 5) is 50.4. The Bertz CT molecular complexity index is 997. The monoisotopic (exact) mass is 390 g/mol. The lowest BCUT2D eigenvalue weighted by molar-refractivity contribution is -0.157. The number of nitrogens with zero attached hydrogens (tertiary/aromatic N) is 3. The Kier molecular flexibility index (Phi) is 3.83. The number of sulfone groups is 1. The highest BCUT2D eigenvalue weighted by Crippen LogP contribution is 2.47.